The van der Waals surface area contributed by atoms with Gasteiger partial charge < -0.3 is 29.7 Å². The van der Waals surface area contributed by atoms with Crippen LogP contribution in [0.4, 0.5) is 23.0 Å². The summed E-state index contributed by atoms with van der Waals surface area (Å²) in [5.74, 6) is 0.646. The van der Waals surface area contributed by atoms with Gasteiger partial charge in [0.1, 0.15) is 5.75 Å². The number of benzene rings is 2. The average Bonchev–Trinajstić information content (AvgIpc) is 3.58. The van der Waals surface area contributed by atoms with E-state index in [1.54, 1.807) is 18.0 Å². The van der Waals surface area contributed by atoms with E-state index in [0.717, 1.165) is 52.1 Å². The van der Waals surface area contributed by atoms with Gasteiger partial charge in [0.05, 0.1) is 36.1 Å². The number of aryl methyl sites for hydroxylation is 2. The number of likely N-dealkylation sites (N-methyl/N-ethyl adjacent to an activating group) is 2. The summed E-state index contributed by atoms with van der Waals surface area (Å²) in [5.41, 5.74) is 6.63. The Bertz CT molecular complexity index is 1790. The maximum atomic E-state index is 12.4. The van der Waals surface area contributed by atoms with Crippen molar-refractivity contribution in [2.75, 3.05) is 56.9 Å². The van der Waals surface area contributed by atoms with E-state index in [4.69, 9.17) is 9.72 Å². The summed E-state index contributed by atoms with van der Waals surface area (Å²) in [6, 6.07) is 12.0. The molecule has 0 unspecified atom stereocenters. The first-order valence-electron chi connectivity index (χ1n) is 13.9. The monoisotopic (exact) mass is 579 g/mol. The number of methoxy groups -OCH3 is 1. The number of carbonyl (C=O) groups is 1. The molecule has 222 valence electrons. The van der Waals surface area contributed by atoms with Gasteiger partial charge in [-0.3, -0.25) is 9.48 Å². The second-order valence-corrected chi connectivity index (χ2v) is 10.6. The molecule has 2 aromatic carbocycles. The molecular weight excluding hydrogens is 542 g/mol. The number of rotatable bonds is 11. The van der Waals surface area contributed by atoms with Crippen LogP contribution in [0.5, 0.6) is 5.75 Å². The molecular formula is C32H37N9O2. The van der Waals surface area contributed by atoms with Crippen molar-refractivity contribution in [1.29, 1.82) is 0 Å². The van der Waals surface area contributed by atoms with Crippen molar-refractivity contribution in [1.82, 2.24) is 29.2 Å². The minimum atomic E-state index is -0.311. The average molecular weight is 580 g/mol. The molecule has 11 nitrogen and oxygen atoms in total. The lowest BCUT2D eigenvalue weighted by Crippen LogP contribution is -2.29. The summed E-state index contributed by atoms with van der Waals surface area (Å²) in [5, 5.41) is 11.7. The Balaban J connectivity index is 1.61. The highest BCUT2D eigenvalue weighted by atomic mass is 16.5. The highest BCUT2D eigenvalue weighted by Gasteiger charge is 2.20. The standard InChI is InChI=1S/C32H37N9O2/c1-8-30(42)35-25-15-26(29(43-7)16-28(25)39(4)14-13-38(2)3)36-32-33-18-23(21-17-34-41(6)19-21)31(37-32)24-20-40(5)27-12-10-9-11-22(24)27/h8-12,15-20H,1,13-14H2,2-7H3,(H,35,42)(H,33,36,37). The van der Waals surface area contributed by atoms with Crippen LogP contribution in [0.25, 0.3) is 33.3 Å². The van der Waals surface area contributed by atoms with Gasteiger partial charge in [-0.25, -0.2) is 9.97 Å². The first-order chi connectivity index (χ1) is 20.7. The van der Waals surface area contributed by atoms with Crippen LogP contribution in [0.2, 0.25) is 0 Å². The molecule has 0 atom stereocenters. The number of hydrogen-bond acceptors (Lipinski definition) is 8. The van der Waals surface area contributed by atoms with E-state index in [1.807, 2.05) is 71.9 Å². The summed E-state index contributed by atoms with van der Waals surface area (Å²) in [4.78, 5) is 26.3. The first kappa shape index (κ1) is 29.3. The van der Waals surface area contributed by atoms with Crippen molar-refractivity contribution in [3.8, 4) is 28.1 Å². The second kappa shape index (κ2) is 12.4. The molecule has 0 fully saturated rings. The van der Waals surface area contributed by atoms with E-state index in [0.29, 0.717) is 23.1 Å². The maximum Gasteiger partial charge on any atom is 0.247 e. The smallest absolute Gasteiger partial charge is 0.247 e. The maximum absolute atomic E-state index is 12.4. The second-order valence-electron chi connectivity index (χ2n) is 10.6. The highest BCUT2D eigenvalue weighted by molar-refractivity contribution is 6.02. The molecule has 2 N–H and O–H groups in total. The van der Waals surface area contributed by atoms with Gasteiger partial charge in [0.25, 0.3) is 0 Å². The molecule has 0 aliphatic heterocycles. The molecule has 5 aromatic rings. The van der Waals surface area contributed by atoms with Crippen molar-refractivity contribution >= 4 is 39.8 Å². The minimum absolute atomic E-state index is 0.311. The van der Waals surface area contributed by atoms with Gasteiger partial charge in [-0.15, -0.1) is 0 Å². The van der Waals surface area contributed by atoms with Gasteiger partial charge >= 0.3 is 0 Å². The molecule has 11 heteroatoms. The molecule has 3 heterocycles. The van der Waals surface area contributed by atoms with Crippen molar-refractivity contribution in [2.24, 2.45) is 14.1 Å². The zero-order chi connectivity index (χ0) is 30.7. The third-order valence-corrected chi connectivity index (χ3v) is 7.26. The normalized spacial score (nSPS) is 11.1. The number of amides is 1. The van der Waals surface area contributed by atoms with Crippen LogP contribution in [0.1, 0.15) is 0 Å². The lowest BCUT2D eigenvalue weighted by molar-refractivity contribution is -0.111. The first-order valence-corrected chi connectivity index (χ1v) is 13.9. The number of nitrogens with one attached hydrogen (secondary N) is 2. The third kappa shape index (κ3) is 6.21. The van der Waals surface area contributed by atoms with E-state index in [-0.39, 0.29) is 5.91 Å². The van der Waals surface area contributed by atoms with Gasteiger partial charge in [-0.2, -0.15) is 5.10 Å². The topological polar surface area (TPSA) is 105 Å². The van der Waals surface area contributed by atoms with Gasteiger partial charge in [-0.05, 0) is 32.3 Å². The Morgan fingerprint density at radius 1 is 1.05 bits per heavy atom. The number of para-hydroxylation sites is 1. The number of aromatic nitrogens is 5. The number of nitrogens with zero attached hydrogens (tertiary/aromatic N) is 7. The van der Waals surface area contributed by atoms with Crippen LogP contribution >= 0.6 is 0 Å². The lowest BCUT2D eigenvalue weighted by Gasteiger charge is -2.26. The summed E-state index contributed by atoms with van der Waals surface area (Å²) in [7, 11) is 11.5. The molecule has 0 aliphatic rings. The zero-order valence-electron chi connectivity index (χ0n) is 25.4. The van der Waals surface area contributed by atoms with E-state index < -0.39 is 0 Å². The Morgan fingerprint density at radius 2 is 1.84 bits per heavy atom. The Labute approximate surface area is 251 Å². The highest BCUT2D eigenvalue weighted by Crippen LogP contribution is 2.40. The van der Waals surface area contributed by atoms with E-state index in [1.165, 1.54) is 6.08 Å². The van der Waals surface area contributed by atoms with Crippen LogP contribution < -0.4 is 20.3 Å². The molecule has 3 aromatic heterocycles. The summed E-state index contributed by atoms with van der Waals surface area (Å²) in [6.45, 7) is 5.19. The van der Waals surface area contributed by atoms with E-state index >= 15 is 0 Å². The molecule has 5 rings (SSSR count). The van der Waals surface area contributed by atoms with E-state index in [9.17, 15) is 4.79 Å². The van der Waals surface area contributed by atoms with Gasteiger partial charge in [0.15, 0.2) is 0 Å². The largest absolute Gasteiger partial charge is 0.494 e. The predicted molar refractivity (Wildman–Crippen MR) is 173 cm³/mol. The number of ether oxygens (including phenoxy) is 1. The van der Waals surface area contributed by atoms with Crippen LogP contribution in [0, 0.1) is 0 Å². The molecule has 1 amide bonds. The van der Waals surface area contributed by atoms with Crippen LogP contribution in [0.3, 0.4) is 0 Å². The predicted octanol–water partition coefficient (Wildman–Crippen LogP) is 4.91. The van der Waals surface area contributed by atoms with Gasteiger partial charge in [0.2, 0.25) is 11.9 Å². The molecule has 0 aliphatic carbocycles. The fourth-order valence-corrected chi connectivity index (χ4v) is 4.98. The zero-order valence-corrected chi connectivity index (χ0v) is 25.4. The van der Waals surface area contributed by atoms with Crippen molar-refractivity contribution in [3.05, 3.63) is 73.8 Å². The lowest BCUT2D eigenvalue weighted by atomic mass is 10.0. The van der Waals surface area contributed by atoms with Crippen LogP contribution in [0.15, 0.2) is 73.8 Å². The van der Waals surface area contributed by atoms with Crippen LogP contribution in [-0.2, 0) is 18.9 Å². The number of carbonyl (C=O) groups excluding carboxylic acids is 1. The fraction of sp³-hybridized carbons (Fsp3) is 0.250. The summed E-state index contributed by atoms with van der Waals surface area (Å²) >= 11 is 0. The fourth-order valence-electron chi connectivity index (χ4n) is 4.98. The Kier molecular flexibility index (Phi) is 8.44. The number of anilines is 4. The number of fused-ring (bicyclic) bond motifs is 1. The Morgan fingerprint density at radius 3 is 2.53 bits per heavy atom. The molecule has 0 saturated heterocycles. The van der Waals surface area contributed by atoms with Gasteiger partial charge in [-0.1, -0.05) is 24.8 Å². The quantitative estimate of drug-likeness (QED) is 0.213. The Hall–Kier alpha value is -5.16. The van der Waals surface area contributed by atoms with Gasteiger partial charge in [0, 0.05) is 86.5 Å². The molecule has 0 radical (unpaired) electrons. The summed E-state index contributed by atoms with van der Waals surface area (Å²) < 4.78 is 9.64. The molecule has 0 saturated carbocycles. The molecule has 0 bridgehead atoms. The van der Waals surface area contributed by atoms with Crippen molar-refractivity contribution in [2.45, 2.75) is 0 Å². The molecule has 43 heavy (non-hydrogen) atoms. The van der Waals surface area contributed by atoms with Crippen molar-refractivity contribution in [3.63, 3.8) is 0 Å². The van der Waals surface area contributed by atoms with E-state index in [2.05, 4.69) is 60.0 Å². The number of hydrogen-bond donors (Lipinski definition) is 2. The van der Waals surface area contributed by atoms with Crippen LogP contribution in [-0.4, -0.2) is 76.5 Å². The molecule has 0 spiro atoms. The minimum Gasteiger partial charge on any atom is -0.494 e. The summed E-state index contributed by atoms with van der Waals surface area (Å²) in [6.07, 6.45) is 8.89. The third-order valence-electron chi connectivity index (χ3n) is 7.26. The van der Waals surface area contributed by atoms with Crippen molar-refractivity contribution < 1.29 is 9.53 Å². The SMILES string of the molecule is C=CC(=O)Nc1cc(Nc2ncc(-c3cnn(C)c3)c(-c3cn(C)c4ccccc34)n2)c(OC)cc1N(C)CCN(C)C.